The molecule has 2 heterocycles. The molecular formula is C21H31N3O3. The Balaban J connectivity index is 1.64. The Hall–Kier alpha value is -2.08. The maximum atomic E-state index is 13.2. The first-order chi connectivity index (χ1) is 13.2. The Morgan fingerprint density at radius 3 is 2.33 bits per heavy atom. The van der Waals surface area contributed by atoms with Crippen molar-refractivity contribution in [2.24, 2.45) is 0 Å². The van der Waals surface area contributed by atoms with Crippen LogP contribution in [0, 0.1) is 0 Å². The number of nitrogens with one attached hydrogen (secondary N) is 1. The predicted octanol–water partition coefficient (Wildman–Crippen LogP) is 2.95. The van der Waals surface area contributed by atoms with E-state index in [4.69, 9.17) is 4.74 Å². The van der Waals surface area contributed by atoms with E-state index in [0.29, 0.717) is 19.7 Å². The van der Waals surface area contributed by atoms with E-state index in [1.54, 1.807) is 4.90 Å². The lowest BCUT2D eigenvalue weighted by atomic mass is 9.99. The number of ether oxygens (including phenoxy) is 1. The van der Waals surface area contributed by atoms with Gasteiger partial charge < -0.3 is 14.5 Å². The van der Waals surface area contributed by atoms with E-state index in [2.05, 4.69) is 5.32 Å². The molecule has 2 aliphatic rings. The van der Waals surface area contributed by atoms with Gasteiger partial charge in [-0.05, 0) is 44.6 Å². The van der Waals surface area contributed by atoms with Crippen LogP contribution in [0.1, 0.15) is 50.6 Å². The lowest BCUT2D eigenvalue weighted by Crippen LogP contribution is -2.50. The van der Waals surface area contributed by atoms with Gasteiger partial charge in [-0.3, -0.25) is 10.1 Å². The number of amides is 2. The van der Waals surface area contributed by atoms with Gasteiger partial charge in [-0.15, -0.1) is 0 Å². The number of piperidine rings is 2. The number of hydrogen-bond donors (Lipinski definition) is 1. The SMILES string of the molecule is CCOC(=O)N1CCC(NC(C(=O)N2CCCCC2)c2ccccc2)CC1. The van der Waals surface area contributed by atoms with Crippen molar-refractivity contribution < 1.29 is 14.3 Å². The molecule has 2 aliphatic heterocycles. The summed E-state index contributed by atoms with van der Waals surface area (Å²) >= 11 is 0. The number of likely N-dealkylation sites (tertiary alicyclic amines) is 2. The summed E-state index contributed by atoms with van der Waals surface area (Å²) in [4.78, 5) is 28.9. The van der Waals surface area contributed by atoms with E-state index in [0.717, 1.165) is 44.3 Å². The normalized spacial score (nSPS) is 19.6. The van der Waals surface area contributed by atoms with Gasteiger partial charge in [0.05, 0.1) is 6.61 Å². The maximum absolute atomic E-state index is 13.2. The molecule has 0 radical (unpaired) electrons. The molecule has 0 spiro atoms. The third-order valence-electron chi connectivity index (χ3n) is 5.47. The van der Waals surface area contributed by atoms with Gasteiger partial charge in [-0.1, -0.05) is 30.3 Å². The van der Waals surface area contributed by atoms with Crippen molar-refractivity contribution in [3.63, 3.8) is 0 Å². The van der Waals surface area contributed by atoms with Gasteiger partial charge in [0.2, 0.25) is 5.91 Å². The molecule has 1 N–H and O–H groups in total. The van der Waals surface area contributed by atoms with Crippen molar-refractivity contribution >= 4 is 12.0 Å². The van der Waals surface area contributed by atoms with Gasteiger partial charge in [-0.25, -0.2) is 4.79 Å². The van der Waals surface area contributed by atoms with E-state index < -0.39 is 0 Å². The molecule has 0 aromatic heterocycles. The number of hydrogen-bond acceptors (Lipinski definition) is 4. The van der Waals surface area contributed by atoms with Crippen LogP contribution >= 0.6 is 0 Å². The molecule has 1 atom stereocenters. The molecule has 0 bridgehead atoms. The highest BCUT2D eigenvalue weighted by Crippen LogP contribution is 2.22. The van der Waals surface area contributed by atoms with Crippen LogP contribution in [-0.4, -0.2) is 60.6 Å². The van der Waals surface area contributed by atoms with Crippen molar-refractivity contribution in [3.8, 4) is 0 Å². The van der Waals surface area contributed by atoms with Crippen molar-refractivity contribution in [1.82, 2.24) is 15.1 Å². The quantitative estimate of drug-likeness (QED) is 0.862. The summed E-state index contributed by atoms with van der Waals surface area (Å²) in [5, 5.41) is 3.59. The minimum absolute atomic E-state index is 0.175. The fourth-order valence-electron chi connectivity index (χ4n) is 3.93. The second-order valence-corrected chi connectivity index (χ2v) is 7.36. The molecule has 2 fully saturated rings. The molecule has 6 heteroatoms. The summed E-state index contributed by atoms with van der Waals surface area (Å²) < 4.78 is 5.09. The number of benzene rings is 1. The summed E-state index contributed by atoms with van der Waals surface area (Å²) in [5.74, 6) is 0.175. The first-order valence-corrected chi connectivity index (χ1v) is 10.2. The highest BCUT2D eigenvalue weighted by Gasteiger charge is 2.31. The molecule has 1 aromatic rings. The zero-order chi connectivity index (χ0) is 19.1. The van der Waals surface area contributed by atoms with E-state index in [-0.39, 0.29) is 24.1 Å². The van der Waals surface area contributed by atoms with E-state index in [9.17, 15) is 9.59 Å². The monoisotopic (exact) mass is 373 g/mol. The summed E-state index contributed by atoms with van der Waals surface area (Å²) in [6, 6.07) is 9.89. The lowest BCUT2D eigenvalue weighted by Gasteiger charge is -2.36. The lowest BCUT2D eigenvalue weighted by molar-refractivity contribution is -0.134. The molecule has 1 unspecified atom stereocenters. The van der Waals surface area contributed by atoms with Gasteiger partial charge in [0.15, 0.2) is 0 Å². The first-order valence-electron chi connectivity index (χ1n) is 10.2. The van der Waals surface area contributed by atoms with Crippen LogP contribution in [0.2, 0.25) is 0 Å². The summed E-state index contributed by atoms with van der Waals surface area (Å²) in [5.41, 5.74) is 1.01. The van der Waals surface area contributed by atoms with Crippen LogP contribution in [-0.2, 0) is 9.53 Å². The summed E-state index contributed by atoms with van der Waals surface area (Å²) in [6.45, 7) is 5.25. The van der Waals surface area contributed by atoms with Crippen LogP contribution in [0.3, 0.4) is 0 Å². The van der Waals surface area contributed by atoms with Crippen LogP contribution in [0.4, 0.5) is 4.79 Å². The van der Waals surface area contributed by atoms with Gasteiger partial charge in [0.25, 0.3) is 0 Å². The molecule has 3 rings (SSSR count). The highest BCUT2D eigenvalue weighted by molar-refractivity contribution is 5.83. The Morgan fingerprint density at radius 1 is 1.04 bits per heavy atom. The van der Waals surface area contributed by atoms with Crippen molar-refractivity contribution in [2.45, 2.75) is 51.1 Å². The van der Waals surface area contributed by atoms with Crippen molar-refractivity contribution in [3.05, 3.63) is 35.9 Å². The fraction of sp³-hybridized carbons (Fsp3) is 0.619. The zero-order valence-corrected chi connectivity index (χ0v) is 16.2. The second kappa shape index (κ2) is 9.74. The number of carbonyl (C=O) groups is 2. The first kappa shape index (κ1) is 19.7. The third kappa shape index (κ3) is 5.22. The zero-order valence-electron chi connectivity index (χ0n) is 16.2. The van der Waals surface area contributed by atoms with Gasteiger partial charge in [-0.2, -0.15) is 0 Å². The fourth-order valence-corrected chi connectivity index (χ4v) is 3.93. The van der Waals surface area contributed by atoms with E-state index >= 15 is 0 Å². The molecule has 148 valence electrons. The average Bonchev–Trinajstić information content (AvgIpc) is 2.73. The summed E-state index contributed by atoms with van der Waals surface area (Å²) in [6.07, 6.45) is 4.81. The number of nitrogens with zero attached hydrogens (tertiary/aromatic N) is 2. The maximum Gasteiger partial charge on any atom is 0.409 e. The Morgan fingerprint density at radius 2 is 1.70 bits per heavy atom. The minimum atomic E-state index is -0.316. The number of rotatable bonds is 5. The molecule has 27 heavy (non-hydrogen) atoms. The van der Waals surface area contributed by atoms with Gasteiger partial charge in [0, 0.05) is 32.2 Å². The molecule has 2 amide bonds. The molecule has 0 saturated carbocycles. The molecule has 1 aromatic carbocycles. The molecule has 2 saturated heterocycles. The van der Waals surface area contributed by atoms with Crippen molar-refractivity contribution in [2.75, 3.05) is 32.8 Å². The highest BCUT2D eigenvalue weighted by atomic mass is 16.6. The Bertz CT molecular complexity index is 608. The van der Waals surface area contributed by atoms with E-state index in [1.807, 2.05) is 42.2 Å². The molecule has 6 nitrogen and oxygen atoms in total. The van der Waals surface area contributed by atoms with Crippen LogP contribution in [0.5, 0.6) is 0 Å². The van der Waals surface area contributed by atoms with Crippen LogP contribution in [0.15, 0.2) is 30.3 Å². The van der Waals surface area contributed by atoms with Gasteiger partial charge >= 0.3 is 6.09 Å². The topological polar surface area (TPSA) is 61.9 Å². The minimum Gasteiger partial charge on any atom is -0.450 e. The predicted molar refractivity (Wildman–Crippen MR) is 104 cm³/mol. The Labute approximate surface area is 161 Å². The molecule has 0 aliphatic carbocycles. The largest absolute Gasteiger partial charge is 0.450 e. The van der Waals surface area contributed by atoms with Crippen LogP contribution in [0.25, 0.3) is 0 Å². The second-order valence-electron chi connectivity index (χ2n) is 7.36. The Kier molecular flexibility index (Phi) is 7.10. The number of carbonyl (C=O) groups excluding carboxylic acids is 2. The molecular weight excluding hydrogens is 342 g/mol. The van der Waals surface area contributed by atoms with Gasteiger partial charge in [0.1, 0.15) is 6.04 Å². The standard InChI is InChI=1S/C21H31N3O3/c1-2-27-21(26)24-15-11-18(12-16-24)22-19(17-9-5-3-6-10-17)20(25)23-13-7-4-8-14-23/h3,5-6,9-10,18-19,22H,2,4,7-8,11-16H2,1H3. The van der Waals surface area contributed by atoms with E-state index in [1.165, 1.54) is 6.42 Å². The van der Waals surface area contributed by atoms with Crippen LogP contribution < -0.4 is 5.32 Å². The van der Waals surface area contributed by atoms with Crippen molar-refractivity contribution in [1.29, 1.82) is 0 Å². The average molecular weight is 373 g/mol. The third-order valence-corrected chi connectivity index (χ3v) is 5.47. The smallest absolute Gasteiger partial charge is 0.409 e. The summed E-state index contributed by atoms with van der Waals surface area (Å²) in [7, 11) is 0.